The van der Waals surface area contributed by atoms with E-state index in [9.17, 15) is 9.59 Å². The van der Waals surface area contributed by atoms with Crippen LogP contribution in [0, 0.1) is 0 Å². The summed E-state index contributed by atoms with van der Waals surface area (Å²) in [5.41, 5.74) is 0.577. The van der Waals surface area contributed by atoms with Crippen LogP contribution in [0.1, 0.15) is 10.4 Å². The molecule has 1 amide bonds. The zero-order valence-electron chi connectivity index (χ0n) is 8.76. The Morgan fingerprint density at radius 2 is 2.35 bits per heavy atom. The number of carboxylic acids is 1. The van der Waals surface area contributed by atoms with Crippen LogP contribution < -0.4 is 0 Å². The van der Waals surface area contributed by atoms with Crippen LogP contribution in [0.5, 0.6) is 0 Å². The predicted molar refractivity (Wildman–Crippen MR) is 65.3 cm³/mol. The number of hydrogen-bond donors (Lipinski definition) is 1. The number of morpholine rings is 1. The number of rotatable bonds is 2. The molecule has 1 aliphatic rings. The van der Waals surface area contributed by atoms with Gasteiger partial charge >= 0.3 is 5.97 Å². The standard InChI is InChI=1S/C10H10BrNO4S/c11-8-3-6(5-17-8)9(13)12-1-2-16-7(4-12)10(14)15/h3,5,7H,1-2,4H2,(H,14,15). The number of hydrogen-bond acceptors (Lipinski definition) is 4. The molecule has 0 bridgehead atoms. The lowest BCUT2D eigenvalue weighted by atomic mass is 10.2. The van der Waals surface area contributed by atoms with Crippen molar-refractivity contribution in [3.05, 3.63) is 20.8 Å². The van der Waals surface area contributed by atoms with Gasteiger partial charge in [0.1, 0.15) is 0 Å². The molecule has 1 aromatic rings. The molecule has 17 heavy (non-hydrogen) atoms. The van der Waals surface area contributed by atoms with Crippen molar-refractivity contribution in [2.24, 2.45) is 0 Å². The van der Waals surface area contributed by atoms with Crippen molar-refractivity contribution < 1.29 is 19.4 Å². The summed E-state index contributed by atoms with van der Waals surface area (Å²) in [7, 11) is 0. The topological polar surface area (TPSA) is 66.8 Å². The smallest absolute Gasteiger partial charge is 0.334 e. The van der Waals surface area contributed by atoms with Crippen molar-refractivity contribution in [1.82, 2.24) is 4.90 Å². The lowest BCUT2D eigenvalue weighted by Crippen LogP contribution is -2.48. The molecule has 0 radical (unpaired) electrons. The number of halogens is 1. The van der Waals surface area contributed by atoms with Crippen LogP contribution in [0.25, 0.3) is 0 Å². The third kappa shape index (κ3) is 2.85. The van der Waals surface area contributed by atoms with Crippen molar-refractivity contribution in [3.8, 4) is 0 Å². The Balaban J connectivity index is 2.07. The van der Waals surface area contributed by atoms with E-state index in [4.69, 9.17) is 9.84 Å². The van der Waals surface area contributed by atoms with Gasteiger partial charge in [-0.05, 0) is 22.0 Å². The fourth-order valence-corrected chi connectivity index (χ4v) is 2.72. The van der Waals surface area contributed by atoms with Crippen molar-refractivity contribution in [2.75, 3.05) is 19.7 Å². The minimum absolute atomic E-state index is 0.0988. The Morgan fingerprint density at radius 3 is 2.94 bits per heavy atom. The minimum atomic E-state index is -1.03. The van der Waals surface area contributed by atoms with Gasteiger partial charge in [0.05, 0.1) is 22.5 Å². The van der Waals surface area contributed by atoms with Crippen LogP contribution in [0.3, 0.4) is 0 Å². The van der Waals surface area contributed by atoms with Crippen molar-refractivity contribution in [1.29, 1.82) is 0 Å². The Kier molecular flexibility index (Phi) is 3.80. The third-order valence-corrected chi connectivity index (χ3v) is 3.95. The number of carbonyl (C=O) groups excluding carboxylic acids is 1. The maximum atomic E-state index is 12.0. The van der Waals surface area contributed by atoms with Crippen LogP contribution in [-0.2, 0) is 9.53 Å². The molecular formula is C10H10BrNO4S. The van der Waals surface area contributed by atoms with E-state index in [1.165, 1.54) is 16.2 Å². The first-order chi connectivity index (χ1) is 8.08. The fraction of sp³-hybridized carbons (Fsp3) is 0.400. The number of amides is 1. The van der Waals surface area contributed by atoms with Crippen LogP contribution in [-0.4, -0.2) is 47.7 Å². The Hall–Kier alpha value is -0.920. The second-order valence-electron chi connectivity index (χ2n) is 3.59. The quantitative estimate of drug-likeness (QED) is 0.895. The average molecular weight is 320 g/mol. The van der Waals surface area contributed by atoms with E-state index < -0.39 is 12.1 Å². The van der Waals surface area contributed by atoms with Crippen LogP contribution in [0.2, 0.25) is 0 Å². The van der Waals surface area contributed by atoms with Gasteiger partial charge < -0.3 is 14.7 Å². The molecule has 1 aliphatic heterocycles. The molecule has 1 fully saturated rings. The van der Waals surface area contributed by atoms with Gasteiger partial charge in [0.25, 0.3) is 5.91 Å². The maximum absolute atomic E-state index is 12.0. The highest BCUT2D eigenvalue weighted by atomic mass is 79.9. The second-order valence-corrected chi connectivity index (χ2v) is 5.88. The zero-order valence-corrected chi connectivity index (χ0v) is 11.2. The van der Waals surface area contributed by atoms with Gasteiger partial charge in [-0.1, -0.05) is 0 Å². The Bertz CT molecular complexity index is 447. The summed E-state index contributed by atoms with van der Waals surface area (Å²) in [5, 5.41) is 10.6. The zero-order chi connectivity index (χ0) is 12.4. The molecule has 1 N–H and O–H groups in total. The summed E-state index contributed by atoms with van der Waals surface area (Å²) in [4.78, 5) is 24.3. The molecule has 1 atom stereocenters. The molecule has 0 saturated carbocycles. The van der Waals surface area contributed by atoms with Gasteiger partial charge in [-0.15, -0.1) is 11.3 Å². The molecule has 1 saturated heterocycles. The molecule has 1 aromatic heterocycles. The molecule has 2 rings (SSSR count). The van der Waals surface area contributed by atoms with E-state index in [0.717, 1.165) is 3.79 Å². The molecule has 0 spiro atoms. The first kappa shape index (κ1) is 12.5. The first-order valence-electron chi connectivity index (χ1n) is 4.95. The van der Waals surface area contributed by atoms with E-state index in [2.05, 4.69) is 15.9 Å². The summed E-state index contributed by atoms with van der Waals surface area (Å²) in [6, 6.07) is 1.73. The van der Waals surface area contributed by atoms with Crippen molar-refractivity contribution in [2.45, 2.75) is 6.10 Å². The van der Waals surface area contributed by atoms with E-state index in [1.54, 1.807) is 11.4 Å². The van der Waals surface area contributed by atoms with Gasteiger partial charge in [-0.3, -0.25) is 4.79 Å². The predicted octanol–water partition coefficient (Wildman–Crippen LogP) is 1.44. The highest BCUT2D eigenvalue weighted by molar-refractivity contribution is 9.11. The van der Waals surface area contributed by atoms with Crippen LogP contribution >= 0.6 is 27.3 Å². The summed E-state index contributed by atoms with van der Waals surface area (Å²) in [6.45, 7) is 0.783. The first-order valence-corrected chi connectivity index (χ1v) is 6.63. The molecule has 1 unspecified atom stereocenters. The minimum Gasteiger partial charge on any atom is -0.479 e. The van der Waals surface area contributed by atoms with Gasteiger partial charge in [-0.2, -0.15) is 0 Å². The van der Waals surface area contributed by atoms with Crippen molar-refractivity contribution >= 4 is 39.1 Å². The summed E-state index contributed by atoms with van der Waals surface area (Å²) < 4.78 is 5.94. The fourth-order valence-electron chi connectivity index (χ4n) is 1.59. The number of carboxylic acid groups (broad SMARTS) is 1. The number of carbonyl (C=O) groups is 2. The van der Waals surface area contributed by atoms with Crippen molar-refractivity contribution in [3.63, 3.8) is 0 Å². The SMILES string of the molecule is O=C(O)C1CN(C(=O)c2csc(Br)c2)CCO1. The van der Waals surface area contributed by atoms with E-state index in [0.29, 0.717) is 12.1 Å². The number of ether oxygens (including phenoxy) is 1. The van der Waals surface area contributed by atoms with Crippen LogP contribution in [0.15, 0.2) is 15.2 Å². The molecular weight excluding hydrogens is 310 g/mol. The number of nitrogens with zero attached hydrogens (tertiary/aromatic N) is 1. The third-order valence-electron chi connectivity index (χ3n) is 2.44. The normalized spacial score (nSPS) is 20.3. The highest BCUT2D eigenvalue weighted by Gasteiger charge is 2.29. The average Bonchev–Trinajstić information content (AvgIpc) is 2.75. The van der Waals surface area contributed by atoms with Crippen LogP contribution in [0.4, 0.5) is 0 Å². The van der Waals surface area contributed by atoms with Gasteiger partial charge in [0.2, 0.25) is 0 Å². The molecule has 2 heterocycles. The van der Waals surface area contributed by atoms with E-state index in [1.807, 2.05) is 0 Å². The van der Waals surface area contributed by atoms with Gasteiger partial charge in [-0.25, -0.2) is 4.79 Å². The molecule has 92 valence electrons. The maximum Gasteiger partial charge on any atom is 0.334 e. The van der Waals surface area contributed by atoms with Gasteiger partial charge in [0.15, 0.2) is 6.10 Å². The lowest BCUT2D eigenvalue weighted by molar-refractivity contribution is -0.154. The number of aliphatic carboxylic acids is 1. The lowest BCUT2D eigenvalue weighted by Gasteiger charge is -2.30. The largest absolute Gasteiger partial charge is 0.479 e. The number of thiophene rings is 1. The highest BCUT2D eigenvalue weighted by Crippen LogP contribution is 2.22. The second kappa shape index (κ2) is 5.16. The van der Waals surface area contributed by atoms with Gasteiger partial charge in [0, 0.05) is 11.9 Å². The summed E-state index contributed by atoms with van der Waals surface area (Å²) >= 11 is 4.71. The monoisotopic (exact) mass is 319 g/mol. The molecule has 7 heteroatoms. The molecule has 0 aromatic carbocycles. The molecule has 5 nitrogen and oxygen atoms in total. The Morgan fingerprint density at radius 1 is 1.59 bits per heavy atom. The van der Waals surface area contributed by atoms with E-state index in [-0.39, 0.29) is 19.1 Å². The Labute approximate surface area is 110 Å². The van der Waals surface area contributed by atoms with E-state index >= 15 is 0 Å². The summed E-state index contributed by atoms with van der Waals surface area (Å²) in [5.74, 6) is -1.18. The summed E-state index contributed by atoms with van der Waals surface area (Å²) in [6.07, 6.45) is -0.922. The molecule has 0 aliphatic carbocycles.